The summed E-state index contributed by atoms with van der Waals surface area (Å²) in [6.07, 6.45) is 0.465. The number of anilines is 1. The van der Waals surface area contributed by atoms with Gasteiger partial charge in [0.1, 0.15) is 0 Å². The molecule has 2 aromatic heterocycles. The van der Waals surface area contributed by atoms with Crippen LogP contribution in [0.4, 0.5) is 5.13 Å². The number of hydrogen-bond donors (Lipinski definition) is 3. The Morgan fingerprint density at radius 1 is 1.40 bits per heavy atom. The lowest BCUT2D eigenvalue weighted by molar-refractivity contribution is -0.146. The van der Waals surface area contributed by atoms with Crippen LogP contribution in [0.25, 0.3) is 10.2 Å². The second-order valence-corrected chi connectivity index (χ2v) is 8.11. The zero-order chi connectivity index (χ0) is 18.2. The van der Waals surface area contributed by atoms with Crippen LogP contribution in [0.2, 0.25) is 0 Å². The van der Waals surface area contributed by atoms with Gasteiger partial charge in [0.2, 0.25) is 0 Å². The Bertz CT molecular complexity index is 884. The number of H-pyrrole nitrogens is 1. The van der Waals surface area contributed by atoms with Gasteiger partial charge >= 0.3 is 5.97 Å². The fraction of sp³-hybridized carbons (Fsp3) is 0.438. The number of tetrazole rings is 1. The minimum atomic E-state index is -0.877. The lowest BCUT2D eigenvalue weighted by Crippen LogP contribution is -2.35. The van der Waals surface area contributed by atoms with Crippen LogP contribution in [0.15, 0.2) is 18.2 Å². The molecular weight excluding hydrogens is 340 g/mol. The third kappa shape index (κ3) is 3.46. The predicted molar refractivity (Wildman–Crippen MR) is 95.2 cm³/mol. The highest BCUT2D eigenvalue weighted by atomic mass is 32.1. The van der Waals surface area contributed by atoms with Crippen molar-refractivity contribution in [3.05, 3.63) is 29.6 Å². The normalized spacial score (nSPS) is 14.5. The fourth-order valence-electron chi connectivity index (χ4n) is 3.25. The number of aromatic nitrogens is 5. The number of carbonyl (C=O) groups is 1. The number of nitrogen functional groups attached to an aromatic ring is 1. The van der Waals surface area contributed by atoms with Gasteiger partial charge in [0.15, 0.2) is 11.0 Å². The van der Waals surface area contributed by atoms with E-state index in [4.69, 9.17) is 5.73 Å². The second kappa shape index (κ2) is 6.40. The summed E-state index contributed by atoms with van der Waals surface area (Å²) in [4.78, 5) is 16.3. The lowest BCUT2D eigenvalue weighted by Gasteiger charge is -2.32. The van der Waals surface area contributed by atoms with Gasteiger partial charge in [0.25, 0.3) is 0 Å². The van der Waals surface area contributed by atoms with E-state index in [1.807, 2.05) is 39.0 Å². The zero-order valence-electron chi connectivity index (χ0n) is 14.2. The number of carboxylic acids is 1. The molecule has 8 nitrogen and oxygen atoms in total. The van der Waals surface area contributed by atoms with E-state index in [0.717, 1.165) is 15.8 Å². The first-order chi connectivity index (χ1) is 11.8. The molecule has 0 spiro atoms. The van der Waals surface area contributed by atoms with E-state index >= 15 is 0 Å². The van der Waals surface area contributed by atoms with Crippen molar-refractivity contribution in [2.45, 2.75) is 33.1 Å². The van der Waals surface area contributed by atoms with Gasteiger partial charge in [-0.2, -0.15) is 5.21 Å². The maximum absolute atomic E-state index is 12.0. The summed E-state index contributed by atoms with van der Waals surface area (Å²) in [5.41, 5.74) is 7.16. The quantitative estimate of drug-likeness (QED) is 0.637. The van der Waals surface area contributed by atoms with Crippen LogP contribution >= 0.6 is 11.3 Å². The van der Waals surface area contributed by atoms with Crippen LogP contribution in [0, 0.1) is 11.3 Å². The molecule has 0 unspecified atom stereocenters. The van der Waals surface area contributed by atoms with E-state index in [9.17, 15) is 9.90 Å². The van der Waals surface area contributed by atoms with Crippen molar-refractivity contribution in [2.24, 2.45) is 11.3 Å². The summed E-state index contributed by atoms with van der Waals surface area (Å²) < 4.78 is 0.964. The van der Waals surface area contributed by atoms with E-state index in [0.29, 0.717) is 17.4 Å². The Morgan fingerprint density at radius 2 is 2.16 bits per heavy atom. The number of hydrogen-bond acceptors (Lipinski definition) is 7. The molecule has 0 amide bonds. The van der Waals surface area contributed by atoms with E-state index < -0.39 is 23.2 Å². The molecule has 1 aromatic carbocycles. The summed E-state index contributed by atoms with van der Waals surface area (Å²) in [6.45, 7) is 5.72. The molecule has 0 aliphatic rings. The highest BCUT2D eigenvalue weighted by Gasteiger charge is 2.41. The largest absolute Gasteiger partial charge is 0.481 e. The van der Waals surface area contributed by atoms with Crippen molar-refractivity contribution < 1.29 is 9.90 Å². The molecule has 0 radical (unpaired) electrons. The van der Waals surface area contributed by atoms with Crippen LogP contribution < -0.4 is 5.73 Å². The maximum atomic E-state index is 12.0. The number of nitrogens with one attached hydrogen (secondary N) is 1. The van der Waals surface area contributed by atoms with E-state index in [1.54, 1.807) is 0 Å². The van der Waals surface area contributed by atoms with Crippen LogP contribution in [-0.4, -0.2) is 36.7 Å². The molecular formula is C16H20N6O2S. The van der Waals surface area contributed by atoms with Gasteiger partial charge in [-0.1, -0.05) is 49.5 Å². The van der Waals surface area contributed by atoms with Gasteiger partial charge in [-0.25, -0.2) is 4.98 Å². The van der Waals surface area contributed by atoms with Crippen LogP contribution in [0.1, 0.15) is 38.1 Å². The van der Waals surface area contributed by atoms with Gasteiger partial charge in [-0.05, 0) is 23.5 Å². The zero-order valence-corrected chi connectivity index (χ0v) is 15.0. The Labute approximate surface area is 148 Å². The van der Waals surface area contributed by atoms with Crippen molar-refractivity contribution in [2.75, 3.05) is 5.73 Å². The van der Waals surface area contributed by atoms with Crippen molar-refractivity contribution in [3.63, 3.8) is 0 Å². The van der Waals surface area contributed by atoms with E-state index in [2.05, 4.69) is 25.6 Å². The van der Waals surface area contributed by atoms with Crippen molar-refractivity contribution in [1.82, 2.24) is 25.6 Å². The van der Waals surface area contributed by atoms with Gasteiger partial charge in [-0.3, -0.25) is 4.79 Å². The standard InChI is InChI=1S/C16H20N6O2S/c1-16(2,3)11(14(23)24)9(13-19-21-22-20-13)7-8-5-4-6-10-12(8)25-15(17)18-10/h4-6,9,11H,7H2,1-3H3,(H2,17,18)(H,23,24)(H,19,20,21,22)/t9-,11-/m0/s1. The number of aromatic amines is 1. The molecule has 9 heteroatoms. The SMILES string of the molecule is CC(C)(C)[C@H](C(=O)O)[C@H](Cc1cccc2nc(N)sc12)c1nn[nH]n1. The third-order valence-electron chi connectivity index (χ3n) is 4.25. The number of carboxylic acid groups (broad SMARTS) is 1. The van der Waals surface area contributed by atoms with E-state index in [1.165, 1.54) is 11.3 Å². The van der Waals surface area contributed by atoms with Crippen LogP contribution in [-0.2, 0) is 11.2 Å². The highest BCUT2D eigenvalue weighted by Crippen LogP contribution is 2.40. The molecule has 0 aliphatic carbocycles. The van der Waals surface area contributed by atoms with Crippen molar-refractivity contribution >= 4 is 32.7 Å². The minimum Gasteiger partial charge on any atom is -0.481 e. The van der Waals surface area contributed by atoms with Crippen molar-refractivity contribution in [1.29, 1.82) is 0 Å². The summed E-state index contributed by atoms with van der Waals surface area (Å²) >= 11 is 1.40. The van der Waals surface area contributed by atoms with E-state index in [-0.39, 0.29) is 0 Å². The molecule has 0 aliphatic heterocycles. The summed E-state index contributed by atoms with van der Waals surface area (Å²) in [6, 6.07) is 5.76. The summed E-state index contributed by atoms with van der Waals surface area (Å²) in [5.74, 6) is -1.58. The van der Waals surface area contributed by atoms with Gasteiger partial charge in [0, 0.05) is 5.92 Å². The first-order valence-electron chi connectivity index (χ1n) is 7.87. The Morgan fingerprint density at radius 3 is 2.76 bits per heavy atom. The van der Waals surface area contributed by atoms with Crippen molar-refractivity contribution in [3.8, 4) is 0 Å². The highest BCUT2D eigenvalue weighted by molar-refractivity contribution is 7.22. The van der Waals surface area contributed by atoms with Gasteiger partial charge in [0.05, 0.1) is 16.1 Å². The smallest absolute Gasteiger partial charge is 0.307 e. The third-order valence-corrected chi connectivity index (χ3v) is 5.22. The van der Waals surface area contributed by atoms with Gasteiger partial charge in [-0.15, -0.1) is 10.2 Å². The molecule has 2 atom stereocenters. The molecule has 3 aromatic rings. The number of thiazole rings is 1. The fourth-order valence-corrected chi connectivity index (χ4v) is 4.11. The molecule has 132 valence electrons. The number of aliphatic carboxylic acids is 1. The Kier molecular flexibility index (Phi) is 4.42. The number of rotatable bonds is 5. The lowest BCUT2D eigenvalue weighted by atomic mass is 9.71. The number of benzene rings is 1. The molecule has 0 saturated carbocycles. The first-order valence-corrected chi connectivity index (χ1v) is 8.69. The monoisotopic (exact) mass is 360 g/mol. The summed E-state index contributed by atoms with van der Waals surface area (Å²) in [7, 11) is 0. The molecule has 3 rings (SSSR count). The molecule has 0 saturated heterocycles. The van der Waals surface area contributed by atoms with Crippen LogP contribution in [0.5, 0.6) is 0 Å². The first kappa shape index (κ1) is 17.3. The van der Waals surface area contributed by atoms with Gasteiger partial charge < -0.3 is 10.8 Å². The Balaban J connectivity index is 2.07. The number of nitrogens with two attached hydrogens (primary N) is 1. The minimum absolute atomic E-state index is 0.400. The number of nitrogens with zero attached hydrogens (tertiary/aromatic N) is 4. The molecule has 0 bridgehead atoms. The molecule has 4 N–H and O–H groups in total. The van der Waals surface area contributed by atoms with Crippen LogP contribution in [0.3, 0.4) is 0 Å². The topological polar surface area (TPSA) is 131 Å². The average Bonchev–Trinajstić information content (AvgIpc) is 3.13. The number of fused-ring (bicyclic) bond motifs is 1. The summed E-state index contributed by atoms with van der Waals surface area (Å²) in [5, 5.41) is 24.5. The average molecular weight is 360 g/mol. The molecule has 2 heterocycles. The Hall–Kier alpha value is -2.55. The molecule has 0 fully saturated rings. The molecule has 25 heavy (non-hydrogen) atoms. The second-order valence-electron chi connectivity index (χ2n) is 7.08. The maximum Gasteiger partial charge on any atom is 0.307 e. The predicted octanol–water partition coefficient (Wildman–Crippen LogP) is 2.46.